The second-order valence-corrected chi connectivity index (χ2v) is 8.19. The van der Waals surface area contributed by atoms with Crippen LogP contribution >= 0.6 is 0 Å². The first-order valence-electron chi connectivity index (χ1n) is 7.71. The van der Waals surface area contributed by atoms with Crippen LogP contribution in [-0.2, 0) is 9.73 Å². The molecule has 124 valence electrons. The zero-order valence-electron chi connectivity index (χ0n) is 13.5. The highest BCUT2D eigenvalue weighted by Gasteiger charge is 2.12. The molecule has 1 amide bonds. The van der Waals surface area contributed by atoms with Gasteiger partial charge in [0.15, 0.2) is 0 Å². The number of hydrogen-bond acceptors (Lipinski definition) is 4. The molecule has 0 bridgehead atoms. The minimum absolute atomic E-state index is 0.371. The molecule has 0 saturated carbocycles. The van der Waals surface area contributed by atoms with Gasteiger partial charge in [0.25, 0.3) is 5.91 Å². The maximum Gasteiger partial charge on any atom is 0.285 e. The van der Waals surface area contributed by atoms with Gasteiger partial charge in [-0.25, -0.2) is 8.89 Å². The number of amides is 1. The summed E-state index contributed by atoms with van der Waals surface area (Å²) >= 11 is 0. The van der Waals surface area contributed by atoms with Gasteiger partial charge in [-0.05, 0) is 30.3 Å². The SMILES string of the molecule is CCS(=O)(CC)=NC(=O)c1ccc2nn(-c3cccnc3)cc2c1. The van der Waals surface area contributed by atoms with Crippen molar-refractivity contribution in [1.29, 1.82) is 0 Å². The zero-order valence-corrected chi connectivity index (χ0v) is 14.4. The molecule has 3 rings (SSSR count). The van der Waals surface area contributed by atoms with Crippen molar-refractivity contribution >= 4 is 26.5 Å². The zero-order chi connectivity index (χ0) is 17.2. The molecule has 2 heterocycles. The first-order chi connectivity index (χ1) is 11.5. The smallest absolute Gasteiger partial charge is 0.266 e. The standard InChI is InChI=1S/C17H18N4O2S/c1-3-24(23,4-2)20-17(22)13-7-8-16-14(10-13)12-21(19-16)15-6-5-9-18-11-15/h5-12H,3-4H2,1-2H3. The van der Waals surface area contributed by atoms with Crippen molar-refractivity contribution in [1.82, 2.24) is 14.8 Å². The fourth-order valence-electron chi connectivity index (χ4n) is 2.32. The van der Waals surface area contributed by atoms with Crippen LogP contribution < -0.4 is 0 Å². The highest BCUT2D eigenvalue weighted by Crippen LogP contribution is 2.18. The van der Waals surface area contributed by atoms with Crippen molar-refractivity contribution in [3.05, 3.63) is 54.5 Å². The number of nitrogens with zero attached hydrogens (tertiary/aromatic N) is 4. The van der Waals surface area contributed by atoms with E-state index in [1.165, 1.54) is 0 Å². The van der Waals surface area contributed by atoms with Gasteiger partial charge in [0.2, 0.25) is 0 Å². The Hall–Kier alpha value is -2.54. The Morgan fingerprint density at radius 3 is 2.71 bits per heavy atom. The largest absolute Gasteiger partial charge is 0.285 e. The van der Waals surface area contributed by atoms with Gasteiger partial charge < -0.3 is 0 Å². The summed E-state index contributed by atoms with van der Waals surface area (Å²) in [5.74, 6) is 0.298. The van der Waals surface area contributed by atoms with Crippen LogP contribution in [0.25, 0.3) is 16.6 Å². The fraction of sp³-hybridized carbons (Fsp3) is 0.235. The van der Waals surface area contributed by atoms with E-state index in [0.717, 1.165) is 16.6 Å². The number of fused-ring (bicyclic) bond motifs is 1. The van der Waals surface area contributed by atoms with E-state index >= 15 is 0 Å². The second kappa shape index (κ2) is 6.52. The van der Waals surface area contributed by atoms with Crippen molar-refractivity contribution in [2.45, 2.75) is 13.8 Å². The van der Waals surface area contributed by atoms with Crippen LogP contribution in [0.1, 0.15) is 24.2 Å². The van der Waals surface area contributed by atoms with Crippen molar-refractivity contribution in [2.75, 3.05) is 11.5 Å². The summed E-state index contributed by atoms with van der Waals surface area (Å²) in [5.41, 5.74) is 2.02. The summed E-state index contributed by atoms with van der Waals surface area (Å²) in [6.45, 7) is 3.56. The molecule has 1 aromatic carbocycles. The van der Waals surface area contributed by atoms with E-state index in [0.29, 0.717) is 17.1 Å². The summed E-state index contributed by atoms with van der Waals surface area (Å²) < 4.78 is 18.0. The molecule has 0 spiro atoms. The van der Waals surface area contributed by atoms with Gasteiger partial charge >= 0.3 is 0 Å². The molecule has 6 nitrogen and oxygen atoms in total. The average molecular weight is 342 g/mol. The number of pyridine rings is 1. The van der Waals surface area contributed by atoms with Crippen LogP contribution in [0, 0.1) is 0 Å². The van der Waals surface area contributed by atoms with Crippen LogP contribution in [0.5, 0.6) is 0 Å². The van der Waals surface area contributed by atoms with Crippen molar-refractivity contribution < 1.29 is 9.00 Å². The molecule has 0 saturated heterocycles. The van der Waals surface area contributed by atoms with Gasteiger partial charge in [0, 0.05) is 34.8 Å². The third-order valence-electron chi connectivity index (χ3n) is 3.81. The number of carbonyl (C=O) groups excluding carboxylic acids is 1. The van der Waals surface area contributed by atoms with Gasteiger partial charge in [-0.15, -0.1) is 0 Å². The maximum absolute atomic E-state index is 12.3. The van der Waals surface area contributed by atoms with Gasteiger partial charge in [-0.2, -0.15) is 9.46 Å². The molecule has 7 heteroatoms. The molecule has 0 radical (unpaired) electrons. The van der Waals surface area contributed by atoms with E-state index in [-0.39, 0.29) is 0 Å². The molecule has 2 aromatic heterocycles. The molecule has 0 unspecified atom stereocenters. The molecule has 0 aliphatic carbocycles. The first kappa shape index (κ1) is 16.3. The van der Waals surface area contributed by atoms with Gasteiger partial charge in [0.1, 0.15) is 0 Å². The maximum atomic E-state index is 12.3. The third kappa shape index (κ3) is 3.21. The number of aromatic nitrogens is 3. The van der Waals surface area contributed by atoms with Gasteiger partial charge in [-0.3, -0.25) is 9.78 Å². The van der Waals surface area contributed by atoms with Crippen LogP contribution in [0.2, 0.25) is 0 Å². The minimum atomic E-state index is -2.46. The summed E-state index contributed by atoms with van der Waals surface area (Å²) in [6.07, 6.45) is 5.24. The number of hydrogen-bond donors (Lipinski definition) is 0. The summed E-state index contributed by atoms with van der Waals surface area (Å²) in [5, 5.41) is 5.29. The Bertz CT molecular complexity index is 992. The van der Waals surface area contributed by atoms with E-state index in [2.05, 4.69) is 14.4 Å². The lowest BCUT2D eigenvalue weighted by Crippen LogP contribution is -2.09. The Morgan fingerprint density at radius 1 is 1.25 bits per heavy atom. The van der Waals surface area contributed by atoms with Crippen LogP contribution in [0.4, 0.5) is 0 Å². The highest BCUT2D eigenvalue weighted by atomic mass is 32.2. The van der Waals surface area contributed by atoms with Crippen molar-refractivity contribution in [3.63, 3.8) is 0 Å². The van der Waals surface area contributed by atoms with Crippen molar-refractivity contribution in [2.24, 2.45) is 4.36 Å². The summed E-state index contributed by atoms with van der Waals surface area (Å²) in [6, 6.07) is 8.90. The molecule has 0 fully saturated rings. The monoisotopic (exact) mass is 342 g/mol. The molecular formula is C17H18N4O2S. The first-order valence-corrected chi connectivity index (χ1v) is 9.56. The molecule has 0 aliphatic rings. The second-order valence-electron chi connectivity index (χ2n) is 5.30. The number of benzene rings is 1. The number of rotatable bonds is 4. The lowest BCUT2D eigenvalue weighted by Gasteiger charge is -2.03. The van der Waals surface area contributed by atoms with Crippen LogP contribution in [0.15, 0.2) is 53.3 Å². The van der Waals surface area contributed by atoms with Crippen LogP contribution in [0.3, 0.4) is 0 Å². The Kier molecular flexibility index (Phi) is 4.44. The predicted molar refractivity (Wildman–Crippen MR) is 94.8 cm³/mol. The van der Waals surface area contributed by atoms with E-state index in [1.807, 2.05) is 18.3 Å². The molecular weight excluding hydrogens is 324 g/mol. The molecule has 24 heavy (non-hydrogen) atoms. The lowest BCUT2D eigenvalue weighted by molar-refractivity contribution is 0.100. The quantitative estimate of drug-likeness (QED) is 0.730. The number of carbonyl (C=O) groups is 1. The predicted octanol–water partition coefficient (Wildman–Crippen LogP) is 3.07. The highest BCUT2D eigenvalue weighted by molar-refractivity contribution is 7.93. The third-order valence-corrected chi connectivity index (χ3v) is 6.12. The summed E-state index contributed by atoms with van der Waals surface area (Å²) in [4.78, 5) is 16.4. The molecule has 3 aromatic rings. The van der Waals surface area contributed by atoms with Gasteiger partial charge in [-0.1, -0.05) is 13.8 Å². The Balaban J connectivity index is 2.00. The van der Waals surface area contributed by atoms with Gasteiger partial charge in [0.05, 0.1) is 27.1 Å². The van der Waals surface area contributed by atoms with Crippen LogP contribution in [-0.4, -0.2) is 36.4 Å². The summed E-state index contributed by atoms with van der Waals surface area (Å²) in [7, 11) is -2.46. The van der Waals surface area contributed by atoms with E-state index in [9.17, 15) is 9.00 Å². The topological polar surface area (TPSA) is 77.2 Å². The van der Waals surface area contributed by atoms with E-state index in [4.69, 9.17) is 0 Å². The normalized spacial score (nSPS) is 11.6. The van der Waals surface area contributed by atoms with Crippen molar-refractivity contribution in [3.8, 4) is 5.69 Å². The molecule has 0 aliphatic heterocycles. The molecule has 0 atom stereocenters. The Morgan fingerprint density at radius 2 is 2.04 bits per heavy atom. The molecule has 0 N–H and O–H groups in total. The van der Waals surface area contributed by atoms with E-state index in [1.54, 1.807) is 49.1 Å². The fourth-order valence-corrected chi connectivity index (χ4v) is 3.39. The average Bonchev–Trinajstić information content (AvgIpc) is 3.05. The Labute approximate surface area is 140 Å². The minimum Gasteiger partial charge on any atom is -0.266 e. The lowest BCUT2D eigenvalue weighted by atomic mass is 10.1. The van der Waals surface area contributed by atoms with E-state index < -0.39 is 15.6 Å².